The Bertz CT molecular complexity index is 642. The molecule has 0 aliphatic heterocycles. The Morgan fingerprint density at radius 2 is 1.61 bits per heavy atom. The summed E-state index contributed by atoms with van der Waals surface area (Å²) in [6.07, 6.45) is -0.412. The normalized spacial score (nSPS) is 12.6. The number of ether oxygens (including phenoxy) is 1. The second kappa shape index (κ2) is 7.26. The quantitative estimate of drug-likeness (QED) is 0.636. The number of fused-ring (bicyclic) bond motifs is 3. The molecule has 3 rings (SSSR count). The van der Waals surface area contributed by atoms with Crippen LogP contribution < -0.4 is 10.8 Å². The molecule has 0 unspecified atom stereocenters. The second-order valence-corrected chi connectivity index (χ2v) is 5.35. The van der Waals surface area contributed by atoms with Gasteiger partial charge in [-0.1, -0.05) is 48.5 Å². The summed E-state index contributed by atoms with van der Waals surface area (Å²) in [7, 11) is 1.54. The second-order valence-electron chi connectivity index (χ2n) is 5.35. The maximum Gasteiger partial charge on any atom is 0.407 e. The zero-order chi connectivity index (χ0) is 16.1. The maximum absolute atomic E-state index is 11.8. The standard InChI is InChI=1S/C18H20N2O3/c1-22-20-11-10-19-18(21)23-12-17-15-8-4-2-6-13(15)14-7-3-5-9-16(14)17/h2-9,17,20H,10-12H2,1H3,(H,19,21). The third-order valence-corrected chi connectivity index (χ3v) is 3.98. The SMILES string of the molecule is CONCCNC(=O)OCC1c2ccccc2-c2ccccc21. The number of carbonyl (C=O) groups excluding carboxylic acids is 1. The van der Waals surface area contributed by atoms with Crippen molar-refractivity contribution in [2.24, 2.45) is 0 Å². The van der Waals surface area contributed by atoms with Crippen molar-refractivity contribution < 1.29 is 14.4 Å². The van der Waals surface area contributed by atoms with E-state index < -0.39 is 6.09 Å². The van der Waals surface area contributed by atoms with Crippen LogP contribution in [0.3, 0.4) is 0 Å². The first-order valence-corrected chi connectivity index (χ1v) is 7.66. The van der Waals surface area contributed by atoms with Crippen LogP contribution in [0.5, 0.6) is 0 Å². The number of alkyl carbamates (subject to hydrolysis) is 1. The molecule has 0 aromatic heterocycles. The summed E-state index contributed by atoms with van der Waals surface area (Å²) < 4.78 is 5.40. The molecule has 0 heterocycles. The zero-order valence-corrected chi connectivity index (χ0v) is 13.0. The van der Waals surface area contributed by atoms with Crippen LogP contribution in [0.2, 0.25) is 0 Å². The summed E-state index contributed by atoms with van der Waals surface area (Å²) in [5.41, 5.74) is 7.53. The van der Waals surface area contributed by atoms with Gasteiger partial charge in [0.1, 0.15) is 6.61 Å². The van der Waals surface area contributed by atoms with Gasteiger partial charge in [0, 0.05) is 19.0 Å². The van der Waals surface area contributed by atoms with E-state index in [1.54, 1.807) is 0 Å². The summed E-state index contributed by atoms with van der Waals surface area (Å²) in [6, 6.07) is 16.5. The zero-order valence-electron chi connectivity index (χ0n) is 13.0. The lowest BCUT2D eigenvalue weighted by Crippen LogP contribution is -2.32. The summed E-state index contributed by atoms with van der Waals surface area (Å²) in [4.78, 5) is 16.5. The number of carbonyl (C=O) groups is 1. The lowest BCUT2D eigenvalue weighted by molar-refractivity contribution is 0.0910. The van der Waals surface area contributed by atoms with Crippen molar-refractivity contribution in [3.63, 3.8) is 0 Å². The molecule has 5 nitrogen and oxygen atoms in total. The minimum absolute atomic E-state index is 0.0882. The van der Waals surface area contributed by atoms with Crippen molar-refractivity contribution >= 4 is 6.09 Å². The van der Waals surface area contributed by atoms with Gasteiger partial charge in [-0.05, 0) is 22.3 Å². The number of rotatable bonds is 6. The van der Waals surface area contributed by atoms with E-state index in [9.17, 15) is 4.79 Å². The predicted octanol–water partition coefficient (Wildman–Crippen LogP) is 2.68. The number of amides is 1. The molecule has 23 heavy (non-hydrogen) atoms. The van der Waals surface area contributed by atoms with E-state index in [4.69, 9.17) is 9.57 Å². The molecule has 0 bridgehead atoms. The number of hydrogen-bond donors (Lipinski definition) is 2. The molecular weight excluding hydrogens is 292 g/mol. The Hall–Kier alpha value is -2.37. The van der Waals surface area contributed by atoms with Crippen LogP contribution in [0.25, 0.3) is 11.1 Å². The third-order valence-electron chi connectivity index (χ3n) is 3.98. The smallest absolute Gasteiger partial charge is 0.407 e. The molecule has 5 heteroatoms. The molecule has 2 N–H and O–H groups in total. The Kier molecular flexibility index (Phi) is 4.90. The van der Waals surface area contributed by atoms with Gasteiger partial charge in [-0.3, -0.25) is 0 Å². The van der Waals surface area contributed by atoms with Crippen LogP contribution in [0.15, 0.2) is 48.5 Å². The van der Waals surface area contributed by atoms with E-state index in [0.717, 1.165) is 0 Å². The van der Waals surface area contributed by atoms with Gasteiger partial charge >= 0.3 is 6.09 Å². The fraction of sp³-hybridized carbons (Fsp3) is 0.278. The van der Waals surface area contributed by atoms with E-state index in [1.165, 1.54) is 29.4 Å². The van der Waals surface area contributed by atoms with Gasteiger partial charge in [0.05, 0.1) is 7.11 Å². The number of benzene rings is 2. The van der Waals surface area contributed by atoms with Crippen LogP contribution in [0, 0.1) is 0 Å². The largest absolute Gasteiger partial charge is 0.449 e. The van der Waals surface area contributed by atoms with Gasteiger partial charge in [0.15, 0.2) is 0 Å². The topological polar surface area (TPSA) is 59.6 Å². The van der Waals surface area contributed by atoms with Gasteiger partial charge in [0.25, 0.3) is 0 Å². The number of nitrogens with one attached hydrogen (secondary N) is 2. The Morgan fingerprint density at radius 1 is 1.00 bits per heavy atom. The number of hydrogen-bond acceptors (Lipinski definition) is 4. The highest BCUT2D eigenvalue weighted by molar-refractivity contribution is 5.79. The highest BCUT2D eigenvalue weighted by Crippen LogP contribution is 2.44. The lowest BCUT2D eigenvalue weighted by Gasteiger charge is -2.14. The monoisotopic (exact) mass is 312 g/mol. The van der Waals surface area contributed by atoms with Crippen LogP contribution in [-0.2, 0) is 9.57 Å². The van der Waals surface area contributed by atoms with E-state index in [-0.39, 0.29) is 5.92 Å². The molecule has 2 aromatic rings. The Labute approximate surface area is 135 Å². The maximum atomic E-state index is 11.8. The van der Waals surface area contributed by atoms with Crippen molar-refractivity contribution in [2.45, 2.75) is 5.92 Å². The van der Waals surface area contributed by atoms with Crippen LogP contribution >= 0.6 is 0 Å². The lowest BCUT2D eigenvalue weighted by atomic mass is 9.98. The highest BCUT2D eigenvalue weighted by Gasteiger charge is 2.28. The first-order valence-electron chi connectivity index (χ1n) is 7.66. The first-order chi connectivity index (χ1) is 11.3. The number of hydroxylamine groups is 1. The van der Waals surface area contributed by atoms with Crippen molar-refractivity contribution in [1.29, 1.82) is 0 Å². The predicted molar refractivity (Wildman–Crippen MR) is 88.1 cm³/mol. The Balaban J connectivity index is 1.65. The van der Waals surface area contributed by atoms with Crippen molar-refractivity contribution in [2.75, 3.05) is 26.8 Å². The summed E-state index contributed by atoms with van der Waals surface area (Å²) in [6.45, 7) is 1.31. The van der Waals surface area contributed by atoms with Crippen LogP contribution in [0.1, 0.15) is 17.0 Å². The van der Waals surface area contributed by atoms with Crippen molar-refractivity contribution in [3.05, 3.63) is 59.7 Å². The molecule has 120 valence electrons. The van der Waals surface area contributed by atoms with E-state index >= 15 is 0 Å². The van der Waals surface area contributed by atoms with Gasteiger partial charge < -0.3 is 14.9 Å². The summed E-state index contributed by atoms with van der Waals surface area (Å²) in [5.74, 6) is 0.0882. The minimum Gasteiger partial charge on any atom is -0.449 e. The van der Waals surface area contributed by atoms with E-state index in [0.29, 0.717) is 19.7 Å². The molecule has 1 aliphatic carbocycles. The Morgan fingerprint density at radius 3 is 2.22 bits per heavy atom. The van der Waals surface area contributed by atoms with Crippen LogP contribution in [-0.4, -0.2) is 32.9 Å². The van der Waals surface area contributed by atoms with E-state index in [1.807, 2.05) is 24.3 Å². The summed E-state index contributed by atoms with van der Waals surface area (Å²) >= 11 is 0. The fourth-order valence-electron chi connectivity index (χ4n) is 2.97. The molecule has 0 atom stereocenters. The summed E-state index contributed by atoms with van der Waals surface area (Å²) in [5, 5.41) is 2.69. The third kappa shape index (κ3) is 3.36. The molecular formula is C18H20N2O3. The van der Waals surface area contributed by atoms with Gasteiger partial charge in [-0.2, -0.15) is 0 Å². The van der Waals surface area contributed by atoms with Crippen molar-refractivity contribution in [1.82, 2.24) is 10.8 Å². The molecule has 2 aromatic carbocycles. The van der Waals surface area contributed by atoms with E-state index in [2.05, 4.69) is 35.1 Å². The molecule has 1 aliphatic rings. The molecule has 0 radical (unpaired) electrons. The molecule has 0 spiro atoms. The van der Waals surface area contributed by atoms with Crippen molar-refractivity contribution in [3.8, 4) is 11.1 Å². The molecule has 0 fully saturated rings. The molecule has 1 amide bonds. The van der Waals surface area contributed by atoms with Crippen LogP contribution in [0.4, 0.5) is 4.79 Å². The highest BCUT2D eigenvalue weighted by atomic mass is 16.6. The fourth-order valence-corrected chi connectivity index (χ4v) is 2.97. The molecule has 0 saturated carbocycles. The van der Waals surface area contributed by atoms with Gasteiger partial charge in [-0.25, -0.2) is 10.3 Å². The van der Waals surface area contributed by atoms with Gasteiger partial charge in [0.2, 0.25) is 0 Å². The minimum atomic E-state index is -0.412. The average Bonchev–Trinajstić information content (AvgIpc) is 2.91. The molecule has 0 saturated heterocycles. The van der Waals surface area contributed by atoms with Gasteiger partial charge in [-0.15, -0.1) is 0 Å². The first kappa shape index (κ1) is 15.5. The average molecular weight is 312 g/mol.